The molecule has 2 N–H and O–H groups in total. The third kappa shape index (κ3) is 3.95. The topological polar surface area (TPSA) is 73.6 Å². The summed E-state index contributed by atoms with van der Waals surface area (Å²) in [5.74, 6) is 1.44. The third-order valence-electron chi connectivity index (χ3n) is 2.84. The van der Waals surface area contributed by atoms with E-state index >= 15 is 0 Å². The van der Waals surface area contributed by atoms with Crippen molar-refractivity contribution in [2.75, 3.05) is 17.2 Å². The van der Waals surface area contributed by atoms with Crippen LogP contribution in [0.5, 0.6) is 0 Å². The highest BCUT2D eigenvalue weighted by Crippen LogP contribution is 2.17. The van der Waals surface area contributed by atoms with Crippen LogP contribution in [0.15, 0.2) is 36.7 Å². The maximum Gasteiger partial charge on any atom is 0.135 e. The van der Waals surface area contributed by atoms with Crippen LogP contribution in [0.4, 0.5) is 17.3 Å². The Morgan fingerprint density at radius 1 is 1.15 bits per heavy atom. The van der Waals surface area contributed by atoms with Crippen molar-refractivity contribution in [1.29, 1.82) is 5.26 Å². The van der Waals surface area contributed by atoms with Gasteiger partial charge >= 0.3 is 0 Å². The van der Waals surface area contributed by atoms with Crippen LogP contribution in [-0.2, 0) is 6.42 Å². The van der Waals surface area contributed by atoms with Crippen LogP contribution in [0.2, 0.25) is 0 Å². The summed E-state index contributed by atoms with van der Waals surface area (Å²) in [5, 5.41) is 14.8. The van der Waals surface area contributed by atoms with Crippen LogP contribution in [0.3, 0.4) is 0 Å². The Morgan fingerprint density at radius 2 is 1.90 bits per heavy atom. The number of aryl methyl sites for hydroxylation is 1. The Balaban J connectivity index is 2.01. The van der Waals surface area contributed by atoms with Gasteiger partial charge in [0.1, 0.15) is 18.0 Å². The van der Waals surface area contributed by atoms with E-state index in [1.807, 2.05) is 18.2 Å². The zero-order chi connectivity index (χ0) is 14.2. The number of nitrogens with zero attached hydrogens (tertiary/aromatic N) is 3. The fourth-order valence-electron chi connectivity index (χ4n) is 1.74. The van der Waals surface area contributed by atoms with Crippen LogP contribution in [0.1, 0.15) is 18.9 Å². The highest BCUT2D eigenvalue weighted by molar-refractivity contribution is 5.59. The number of nitrogens with one attached hydrogen (secondary N) is 2. The van der Waals surface area contributed by atoms with E-state index in [-0.39, 0.29) is 0 Å². The molecule has 2 rings (SSSR count). The second kappa shape index (κ2) is 7.10. The van der Waals surface area contributed by atoms with Crippen molar-refractivity contribution in [1.82, 2.24) is 9.97 Å². The fraction of sp³-hybridized carbons (Fsp3) is 0.267. The van der Waals surface area contributed by atoms with E-state index in [0.717, 1.165) is 17.9 Å². The summed E-state index contributed by atoms with van der Waals surface area (Å²) in [5.41, 5.74) is 2.29. The van der Waals surface area contributed by atoms with Crippen molar-refractivity contribution in [3.63, 3.8) is 0 Å². The van der Waals surface area contributed by atoms with Gasteiger partial charge in [-0.2, -0.15) is 5.26 Å². The van der Waals surface area contributed by atoms with Gasteiger partial charge in [-0.3, -0.25) is 0 Å². The van der Waals surface area contributed by atoms with Gasteiger partial charge in [-0.05, 0) is 24.1 Å². The molecule has 1 heterocycles. The molecule has 0 saturated heterocycles. The average molecular weight is 267 g/mol. The predicted octanol–water partition coefficient (Wildman–Crippen LogP) is 3.11. The first-order valence-corrected chi connectivity index (χ1v) is 6.60. The summed E-state index contributed by atoms with van der Waals surface area (Å²) < 4.78 is 0. The van der Waals surface area contributed by atoms with E-state index in [1.54, 1.807) is 0 Å². The maximum atomic E-state index is 8.50. The summed E-state index contributed by atoms with van der Waals surface area (Å²) >= 11 is 0. The highest BCUT2D eigenvalue weighted by Gasteiger charge is 1.99. The van der Waals surface area contributed by atoms with Gasteiger partial charge in [0, 0.05) is 18.3 Å². The summed E-state index contributed by atoms with van der Waals surface area (Å²) in [6, 6.07) is 12.2. The molecule has 102 valence electrons. The minimum atomic E-state index is 0.450. The molecular weight excluding hydrogens is 250 g/mol. The minimum Gasteiger partial charge on any atom is -0.369 e. The summed E-state index contributed by atoms with van der Waals surface area (Å²) in [6.45, 7) is 2.71. The second-order valence-electron chi connectivity index (χ2n) is 4.30. The van der Waals surface area contributed by atoms with Crippen LogP contribution in [-0.4, -0.2) is 16.5 Å². The monoisotopic (exact) mass is 267 g/mol. The van der Waals surface area contributed by atoms with Gasteiger partial charge in [0.05, 0.1) is 12.5 Å². The van der Waals surface area contributed by atoms with Crippen LogP contribution >= 0.6 is 0 Å². The summed E-state index contributed by atoms with van der Waals surface area (Å²) in [7, 11) is 0. The first-order valence-electron chi connectivity index (χ1n) is 6.60. The smallest absolute Gasteiger partial charge is 0.135 e. The molecule has 1 aromatic carbocycles. The second-order valence-corrected chi connectivity index (χ2v) is 4.30. The van der Waals surface area contributed by atoms with Gasteiger partial charge in [-0.25, -0.2) is 9.97 Å². The fourth-order valence-corrected chi connectivity index (χ4v) is 1.74. The molecule has 0 aliphatic carbocycles. The lowest BCUT2D eigenvalue weighted by atomic mass is 10.1. The molecule has 0 atom stereocenters. The van der Waals surface area contributed by atoms with Gasteiger partial charge in [-0.15, -0.1) is 0 Å². The van der Waals surface area contributed by atoms with E-state index in [9.17, 15) is 0 Å². The lowest BCUT2D eigenvalue weighted by molar-refractivity contribution is 1.04. The molecule has 0 unspecified atom stereocenters. The van der Waals surface area contributed by atoms with Crippen LogP contribution < -0.4 is 10.6 Å². The highest BCUT2D eigenvalue weighted by atomic mass is 15.1. The first-order chi connectivity index (χ1) is 9.81. The van der Waals surface area contributed by atoms with Gasteiger partial charge in [0.15, 0.2) is 0 Å². The Bertz CT molecular complexity index is 586. The number of benzene rings is 1. The van der Waals surface area contributed by atoms with Gasteiger partial charge in [0.25, 0.3) is 0 Å². The van der Waals surface area contributed by atoms with Crippen molar-refractivity contribution in [3.8, 4) is 6.07 Å². The Morgan fingerprint density at radius 3 is 2.60 bits per heavy atom. The van der Waals surface area contributed by atoms with Gasteiger partial charge < -0.3 is 10.6 Å². The minimum absolute atomic E-state index is 0.450. The zero-order valence-corrected chi connectivity index (χ0v) is 11.4. The standard InChI is InChI=1S/C15H17N5/c1-2-12-4-6-13(7-5-12)20-15-10-14(18-11-19-15)17-9-3-8-16/h4-7,10-11H,2-3,9H2,1H3,(H2,17,18,19,20). The van der Waals surface area contributed by atoms with Gasteiger partial charge in [0.2, 0.25) is 0 Å². The number of hydrogen-bond acceptors (Lipinski definition) is 5. The van der Waals surface area contributed by atoms with Crippen molar-refractivity contribution < 1.29 is 0 Å². The molecule has 0 amide bonds. The van der Waals surface area contributed by atoms with E-state index in [0.29, 0.717) is 18.8 Å². The summed E-state index contributed by atoms with van der Waals surface area (Å²) in [6.07, 6.45) is 2.98. The Hall–Kier alpha value is -2.61. The van der Waals surface area contributed by atoms with Crippen LogP contribution in [0, 0.1) is 11.3 Å². The lowest BCUT2D eigenvalue weighted by Gasteiger charge is -2.08. The normalized spacial score (nSPS) is 9.80. The molecule has 0 fully saturated rings. The molecule has 5 nitrogen and oxygen atoms in total. The molecule has 0 spiro atoms. The number of hydrogen-bond donors (Lipinski definition) is 2. The van der Waals surface area contributed by atoms with Crippen molar-refractivity contribution >= 4 is 17.3 Å². The van der Waals surface area contributed by atoms with Crippen LogP contribution in [0.25, 0.3) is 0 Å². The number of nitriles is 1. The van der Waals surface area contributed by atoms with E-state index < -0.39 is 0 Å². The Labute approximate surface area is 118 Å². The average Bonchev–Trinajstić information content (AvgIpc) is 2.49. The third-order valence-corrected chi connectivity index (χ3v) is 2.84. The molecule has 0 aliphatic heterocycles. The molecule has 20 heavy (non-hydrogen) atoms. The molecule has 1 aromatic heterocycles. The van der Waals surface area contributed by atoms with Crippen molar-refractivity contribution in [3.05, 3.63) is 42.2 Å². The van der Waals surface area contributed by atoms with E-state index in [2.05, 4.69) is 45.7 Å². The molecule has 5 heteroatoms. The van der Waals surface area contributed by atoms with E-state index in [4.69, 9.17) is 5.26 Å². The molecule has 0 saturated carbocycles. The first kappa shape index (κ1) is 13.8. The zero-order valence-electron chi connectivity index (χ0n) is 11.4. The molecule has 0 aliphatic rings. The molecule has 0 radical (unpaired) electrons. The Kier molecular flexibility index (Phi) is 4.90. The van der Waals surface area contributed by atoms with E-state index in [1.165, 1.54) is 11.9 Å². The summed E-state index contributed by atoms with van der Waals surface area (Å²) in [4.78, 5) is 8.29. The SMILES string of the molecule is CCc1ccc(Nc2cc(NCCC#N)ncn2)cc1. The number of rotatable bonds is 6. The number of aromatic nitrogens is 2. The molecular formula is C15H17N5. The van der Waals surface area contributed by atoms with Crippen molar-refractivity contribution in [2.24, 2.45) is 0 Å². The molecule has 2 aromatic rings. The lowest BCUT2D eigenvalue weighted by Crippen LogP contribution is -2.03. The number of anilines is 3. The largest absolute Gasteiger partial charge is 0.369 e. The van der Waals surface area contributed by atoms with Gasteiger partial charge in [-0.1, -0.05) is 19.1 Å². The molecule has 0 bridgehead atoms. The maximum absolute atomic E-state index is 8.50. The predicted molar refractivity (Wildman–Crippen MR) is 79.9 cm³/mol. The quantitative estimate of drug-likeness (QED) is 0.787. The van der Waals surface area contributed by atoms with Crippen molar-refractivity contribution in [2.45, 2.75) is 19.8 Å².